The number of fused-ring (bicyclic) bond motifs is 1. The van der Waals surface area contributed by atoms with Gasteiger partial charge in [0.05, 0.1) is 11.7 Å². The molecule has 1 heterocycles. The van der Waals surface area contributed by atoms with Gasteiger partial charge in [0.2, 0.25) is 5.91 Å². The van der Waals surface area contributed by atoms with E-state index in [1.54, 1.807) is 6.21 Å². The predicted molar refractivity (Wildman–Crippen MR) is 99.8 cm³/mol. The molecule has 0 saturated heterocycles. The molecule has 1 aliphatic carbocycles. The van der Waals surface area contributed by atoms with E-state index < -0.39 is 0 Å². The molecule has 2 aromatic carbocycles. The number of nitrogens with zero attached hydrogens (tertiary/aromatic N) is 2. The van der Waals surface area contributed by atoms with E-state index in [9.17, 15) is 4.79 Å². The lowest BCUT2D eigenvalue weighted by Gasteiger charge is -2.02. The van der Waals surface area contributed by atoms with Gasteiger partial charge >= 0.3 is 0 Å². The molecule has 4 nitrogen and oxygen atoms in total. The topological polar surface area (TPSA) is 54.4 Å². The molecule has 4 rings (SSSR count). The van der Waals surface area contributed by atoms with Gasteiger partial charge < -0.3 is 0 Å². The van der Waals surface area contributed by atoms with Gasteiger partial charge in [0.1, 0.15) is 5.15 Å². The average Bonchev–Trinajstić information content (AvgIpc) is 3.44. The van der Waals surface area contributed by atoms with E-state index in [-0.39, 0.29) is 11.8 Å². The van der Waals surface area contributed by atoms with Gasteiger partial charge in [-0.2, -0.15) is 5.10 Å². The number of nitrogens with one attached hydrogen (secondary N) is 1. The van der Waals surface area contributed by atoms with Crippen LogP contribution >= 0.6 is 11.6 Å². The highest BCUT2D eigenvalue weighted by Gasteiger charge is 2.43. The first-order chi connectivity index (χ1) is 12.2. The van der Waals surface area contributed by atoms with Crippen molar-refractivity contribution in [3.05, 3.63) is 76.9 Å². The van der Waals surface area contributed by atoms with E-state index in [2.05, 4.69) is 27.6 Å². The van der Waals surface area contributed by atoms with Gasteiger partial charge in [-0.3, -0.25) is 4.79 Å². The van der Waals surface area contributed by atoms with Crippen LogP contribution in [-0.4, -0.2) is 17.1 Å². The first kappa shape index (κ1) is 15.8. The van der Waals surface area contributed by atoms with Crippen molar-refractivity contribution >= 4 is 34.6 Å². The predicted octanol–water partition coefficient (Wildman–Crippen LogP) is 4.14. The molecule has 0 bridgehead atoms. The van der Waals surface area contributed by atoms with Crippen LogP contribution in [0.3, 0.4) is 0 Å². The zero-order valence-corrected chi connectivity index (χ0v) is 14.1. The van der Waals surface area contributed by atoms with E-state index in [4.69, 9.17) is 11.6 Å². The van der Waals surface area contributed by atoms with Crippen molar-refractivity contribution in [2.45, 2.75) is 12.3 Å². The van der Waals surface area contributed by atoms with Gasteiger partial charge in [-0.25, -0.2) is 10.4 Å². The lowest BCUT2D eigenvalue weighted by molar-refractivity contribution is -0.122. The first-order valence-electron chi connectivity index (χ1n) is 8.15. The number of benzene rings is 2. The molecule has 25 heavy (non-hydrogen) atoms. The van der Waals surface area contributed by atoms with Crippen molar-refractivity contribution in [2.75, 3.05) is 0 Å². The molecular weight excluding hydrogens is 334 g/mol. The molecule has 2 unspecified atom stereocenters. The molecule has 5 heteroatoms. The van der Waals surface area contributed by atoms with Crippen molar-refractivity contribution < 1.29 is 4.79 Å². The molecule has 124 valence electrons. The Hall–Kier alpha value is -2.72. The van der Waals surface area contributed by atoms with Gasteiger partial charge in [0.15, 0.2) is 0 Å². The number of para-hydroxylation sites is 1. The molecule has 1 fully saturated rings. The summed E-state index contributed by atoms with van der Waals surface area (Å²) in [6, 6.07) is 19.7. The summed E-state index contributed by atoms with van der Waals surface area (Å²) in [5.74, 6) is 0.224. The third kappa shape index (κ3) is 3.39. The largest absolute Gasteiger partial charge is 0.273 e. The molecule has 3 aromatic rings. The highest BCUT2D eigenvalue weighted by Crippen LogP contribution is 2.47. The van der Waals surface area contributed by atoms with E-state index in [0.29, 0.717) is 16.6 Å². The number of amides is 1. The second kappa shape index (κ2) is 6.65. The van der Waals surface area contributed by atoms with Crippen LogP contribution in [0.2, 0.25) is 5.15 Å². The molecule has 0 radical (unpaired) electrons. The monoisotopic (exact) mass is 349 g/mol. The van der Waals surface area contributed by atoms with Crippen LogP contribution in [-0.2, 0) is 4.79 Å². The van der Waals surface area contributed by atoms with Crippen molar-refractivity contribution in [2.24, 2.45) is 11.0 Å². The quantitative estimate of drug-likeness (QED) is 0.437. The Morgan fingerprint density at radius 2 is 1.92 bits per heavy atom. The summed E-state index contributed by atoms with van der Waals surface area (Å²) in [5, 5.41) is 5.39. The third-order valence-electron chi connectivity index (χ3n) is 4.44. The van der Waals surface area contributed by atoms with E-state index in [1.807, 2.05) is 48.5 Å². The maximum absolute atomic E-state index is 12.2. The highest BCUT2D eigenvalue weighted by atomic mass is 35.5. The molecule has 1 amide bonds. The van der Waals surface area contributed by atoms with Crippen molar-refractivity contribution in [1.82, 2.24) is 10.4 Å². The summed E-state index contributed by atoms with van der Waals surface area (Å²) in [6.45, 7) is 0. The van der Waals surface area contributed by atoms with Crippen LogP contribution in [0.1, 0.15) is 23.5 Å². The number of hydrogen-bond acceptors (Lipinski definition) is 3. The maximum atomic E-state index is 12.2. The van der Waals surface area contributed by atoms with Crippen LogP contribution in [0, 0.1) is 5.92 Å². The van der Waals surface area contributed by atoms with Gasteiger partial charge in [0, 0.05) is 16.9 Å². The smallest absolute Gasteiger partial charge is 0.243 e. The summed E-state index contributed by atoms with van der Waals surface area (Å²) in [7, 11) is 0. The normalized spacial score (nSPS) is 19.2. The Labute approximate surface area is 150 Å². The van der Waals surface area contributed by atoms with Crippen LogP contribution in [0.4, 0.5) is 0 Å². The summed E-state index contributed by atoms with van der Waals surface area (Å²) < 4.78 is 0. The van der Waals surface area contributed by atoms with Crippen LogP contribution in [0.15, 0.2) is 65.8 Å². The fourth-order valence-electron chi connectivity index (χ4n) is 3.00. The zero-order chi connectivity index (χ0) is 17.2. The minimum atomic E-state index is -0.0602. The van der Waals surface area contributed by atoms with Gasteiger partial charge in [0.25, 0.3) is 0 Å². The fraction of sp³-hybridized carbons (Fsp3) is 0.150. The Balaban J connectivity index is 1.42. The lowest BCUT2D eigenvalue weighted by Crippen LogP contribution is -2.20. The molecule has 0 aliphatic heterocycles. The lowest BCUT2D eigenvalue weighted by atomic mass is 10.1. The first-order valence-corrected chi connectivity index (χ1v) is 8.53. The van der Waals surface area contributed by atoms with Crippen LogP contribution in [0.5, 0.6) is 0 Å². The Bertz CT molecular complexity index is 956. The van der Waals surface area contributed by atoms with Crippen molar-refractivity contribution in [1.29, 1.82) is 0 Å². The molecule has 1 aromatic heterocycles. The SMILES string of the molecule is O=C(NN=Cc1cc2ccccc2nc1Cl)C1CC1c1ccccc1. The number of pyridine rings is 1. The van der Waals surface area contributed by atoms with Gasteiger partial charge in [-0.1, -0.05) is 60.1 Å². The number of hydrazone groups is 1. The zero-order valence-electron chi connectivity index (χ0n) is 13.4. The molecule has 1 aliphatic rings. The number of halogens is 1. The van der Waals surface area contributed by atoms with Gasteiger partial charge in [-0.15, -0.1) is 0 Å². The molecule has 1 N–H and O–H groups in total. The van der Waals surface area contributed by atoms with E-state index in [0.717, 1.165) is 17.3 Å². The Morgan fingerprint density at radius 1 is 1.16 bits per heavy atom. The maximum Gasteiger partial charge on any atom is 0.243 e. The molecule has 2 atom stereocenters. The minimum absolute atomic E-state index is 0.00949. The molecule has 1 saturated carbocycles. The fourth-order valence-corrected chi connectivity index (χ4v) is 3.20. The Kier molecular flexibility index (Phi) is 4.20. The third-order valence-corrected chi connectivity index (χ3v) is 4.74. The van der Waals surface area contributed by atoms with Crippen molar-refractivity contribution in [3.8, 4) is 0 Å². The highest BCUT2D eigenvalue weighted by molar-refractivity contribution is 6.32. The second-order valence-electron chi connectivity index (χ2n) is 6.15. The molecular formula is C20H16ClN3O. The van der Waals surface area contributed by atoms with Gasteiger partial charge in [-0.05, 0) is 30.0 Å². The summed E-state index contributed by atoms with van der Waals surface area (Å²) in [5.41, 5.74) is 5.32. The number of aromatic nitrogens is 1. The van der Waals surface area contributed by atoms with E-state index >= 15 is 0 Å². The summed E-state index contributed by atoms with van der Waals surface area (Å²) in [6.07, 6.45) is 2.41. The standard InChI is InChI=1S/C20H16ClN3O/c21-19-15(10-14-8-4-5-9-18(14)23-19)12-22-24-20(25)17-11-16(17)13-6-2-1-3-7-13/h1-10,12,16-17H,11H2,(H,24,25). The minimum Gasteiger partial charge on any atom is -0.273 e. The Morgan fingerprint density at radius 3 is 2.76 bits per heavy atom. The van der Waals surface area contributed by atoms with Crippen LogP contribution in [0.25, 0.3) is 10.9 Å². The average molecular weight is 350 g/mol. The number of rotatable bonds is 4. The number of hydrogen-bond donors (Lipinski definition) is 1. The number of carbonyl (C=O) groups excluding carboxylic acids is 1. The van der Waals surface area contributed by atoms with E-state index in [1.165, 1.54) is 5.56 Å². The second-order valence-corrected chi connectivity index (χ2v) is 6.51. The number of carbonyl (C=O) groups is 1. The molecule has 0 spiro atoms. The van der Waals surface area contributed by atoms with Crippen molar-refractivity contribution in [3.63, 3.8) is 0 Å². The summed E-state index contributed by atoms with van der Waals surface area (Å²) >= 11 is 6.18. The van der Waals surface area contributed by atoms with Crippen LogP contribution < -0.4 is 5.43 Å². The summed E-state index contributed by atoms with van der Waals surface area (Å²) in [4.78, 5) is 16.5.